The van der Waals surface area contributed by atoms with Crippen LogP contribution in [0.1, 0.15) is 0 Å². The van der Waals surface area contributed by atoms with E-state index in [0.29, 0.717) is 17.5 Å². The number of para-hydroxylation sites is 1. The SMILES string of the molecule is c1ccc(-c2nc(-c3ccccc3)nc(-c3cccc4oc5c6ccccc6cc(-n6c7ccccc7c7cc8ccccc8cc76)c5c34)n2)cc1. The molecule has 0 radical (unpaired) electrons. The van der Waals surface area contributed by atoms with E-state index < -0.39 is 0 Å². The first-order valence-electron chi connectivity index (χ1n) is 17.5. The van der Waals surface area contributed by atoms with Gasteiger partial charge in [0.25, 0.3) is 0 Å². The van der Waals surface area contributed by atoms with Gasteiger partial charge in [-0.05, 0) is 46.5 Å². The highest BCUT2D eigenvalue weighted by Gasteiger charge is 2.24. The van der Waals surface area contributed by atoms with Crippen molar-refractivity contribution in [2.45, 2.75) is 0 Å². The molecule has 11 rings (SSSR count). The van der Waals surface area contributed by atoms with Crippen molar-refractivity contribution in [3.63, 3.8) is 0 Å². The third kappa shape index (κ3) is 4.33. The minimum Gasteiger partial charge on any atom is -0.455 e. The van der Waals surface area contributed by atoms with Crippen LogP contribution >= 0.6 is 0 Å². The lowest BCUT2D eigenvalue weighted by atomic mass is 10.00. The van der Waals surface area contributed by atoms with Crippen LogP contribution in [0, 0.1) is 0 Å². The molecule has 3 heterocycles. The van der Waals surface area contributed by atoms with Crippen LogP contribution in [0.3, 0.4) is 0 Å². The minimum absolute atomic E-state index is 0.591. The normalized spacial score (nSPS) is 11.8. The molecule has 0 aliphatic heterocycles. The maximum Gasteiger partial charge on any atom is 0.164 e. The zero-order chi connectivity index (χ0) is 34.2. The van der Waals surface area contributed by atoms with Gasteiger partial charge in [-0.25, -0.2) is 15.0 Å². The molecule has 3 aromatic heterocycles. The summed E-state index contributed by atoms with van der Waals surface area (Å²) in [7, 11) is 0. The van der Waals surface area contributed by atoms with Crippen LogP contribution in [0.2, 0.25) is 0 Å². The number of hydrogen-bond donors (Lipinski definition) is 0. The standard InChI is InChI=1S/C47H28N4O/c1-3-14-29(15-4-1)45-48-46(30-16-5-2-6-17-30)50-47(49-45)36-23-13-25-41-42(36)43-40(28-33-20-9-10-21-34(33)44(43)52-41)51-38-24-12-11-22-35(38)37-26-31-18-7-8-19-32(31)27-39(37)51/h1-28H. The summed E-state index contributed by atoms with van der Waals surface area (Å²) in [6.07, 6.45) is 0. The van der Waals surface area contributed by atoms with Crippen molar-refractivity contribution in [3.05, 3.63) is 170 Å². The minimum atomic E-state index is 0.591. The summed E-state index contributed by atoms with van der Waals surface area (Å²) < 4.78 is 9.32. The second-order valence-corrected chi connectivity index (χ2v) is 13.2. The fourth-order valence-corrected chi connectivity index (χ4v) is 7.84. The van der Waals surface area contributed by atoms with Gasteiger partial charge in [0, 0.05) is 38.2 Å². The van der Waals surface area contributed by atoms with Crippen LogP contribution in [-0.4, -0.2) is 19.5 Å². The molecule has 0 fully saturated rings. The molecule has 242 valence electrons. The second kappa shape index (κ2) is 11.2. The molecule has 5 nitrogen and oxygen atoms in total. The highest BCUT2D eigenvalue weighted by molar-refractivity contribution is 6.24. The van der Waals surface area contributed by atoms with Crippen LogP contribution in [-0.2, 0) is 0 Å². The van der Waals surface area contributed by atoms with Crippen LogP contribution in [0.25, 0.3) is 105 Å². The van der Waals surface area contributed by atoms with E-state index in [-0.39, 0.29) is 0 Å². The predicted octanol–water partition coefficient (Wildman–Crippen LogP) is 12.2. The Balaban J connectivity index is 1.29. The number of hydrogen-bond acceptors (Lipinski definition) is 4. The third-order valence-electron chi connectivity index (χ3n) is 10.2. The van der Waals surface area contributed by atoms with Crippen molar-refractivity contribution in [1.29, 1.82) is 0 Å². The summed E-state index contributed by atoms with van der Waals surface area (Å²) in [6.45, 7) is 0. The van der Waals surface area contributed by atoms with Crippen molar-refractivity contribution in [3.8, 4) is 39.9 Å². The lowest BCUT2D eigenvalue weighted by molar-refractivity contribution is 0.672. The van der Waals surface area contributed by atoms with Crippen molar-refractivity contribution < 1.29 is 4.42 Å². The van der Waals surface area contributed by atoms with Gasteiger partial charge in [0.05, 0.1) is 22.1 Å². The first-order valence-corrected chi connectivity index (χ1v) is 17.5. The lowest BCUT2D eigenvalue weighted by Crippen LogP contribution is -2.00. The highest BCUT2D eigenvalue weighted by atomic mass is 16.3. The van der Waals surface area contributed by atoms with Crippen molar-refractivity contribution >= 4 is 65.3 Å². The van der Waals surface area contributed by atoms with Crippen LogP contribution < -0.4 is 0 Å². The summed E-state index contributed by atoms with van der Waals surface area (Å²) in [5.41, 5.74) is 7.67. The number of fused-ring (bicyclic) bond motifs is 9. The highest BCUT2D eigenvalue weighted by Crippen LogP contribution is 2.45. The fraction of sp³-hybridized carbons (Fsp3) is 0. The summed E-state index contributed by atoms with van der Waals surface area (Å²) in [6, 6.07) is 59.1. The third-order valence-corrected chi connectivity index (χ3v) is 10.2. The van der Waals surface area contributed by atoms with E-state index in [0.717, 1.165) is 66.1 Å². The van der Waals surface area contributed by atoms with Crippen LogP contribution in [0.4, 0.5) is 0 Å². The zero-order valence-electron chi connectivity index (χ0n) is 27.9. The molecule has 0 atom stereocenters. The molecule has 0 spiro atoms. The maximum atomic E-state index is 6.91. The van der Waals surface area contributed by atoms with Crippen molar-refractivity contribution in [1.82, 2.24) is 19.5 Å². The number of furan rings is 1. The second-order valence-electron chi connectivity index (χ2n) is 13.2. The monoisotopic (exact) mass is 664 g/mol. The number of benzene rings is 8. The van der Waals surface area contributed by atoms with Gasteiger partial charge in [-0.3, -0.25) is 0 Å². The van der Waals surface area contributed by atoms with Gasteiger partial charge in [0.1, 0.15) is 11.2 Å². The van der Waals surface area contributed by atoms with Crippen molar-refractivity contribution in [2.24, 2.45) is 0 Å². The molecular weight excluding hydrogens is 637 g/mol. The molecule has 0 bridgehead atoms. The molecule has 0 aliphatic carbocycles. The van der Waals surface area contributed by atoms with E-state index in [1.165, 1.54) is 21.5 Å². The van der Waals surface area contributed by atoms with Gasteiger partial charge in [-0.2, -0.15) is 0 Å². The summed E-state index contributed by atoms with van der Waals surface area (Å²) in [4.78, 5) is 15.3. The molecule has 0 saturated carbocycles. The molecule has 8 aromatic carbocycles. The summed E-state index contributed by atoms with van der Waals surface area (Å²) >= 11 is 0. The lowest BCUT2D eigenvalue weighted by Gasteiger charge is -2.13. The van der Waals surface area contributed by atoms with E-state index in [9.17, 15) is 0 Å². The van der Waals surface area contributed by atoms with Gasteiger partial charge in [0.15, 0.2) is 17.5 Å². The quantitative estimate of drug-likeness (QED) is 0.188. The molecule has 0 N–H and O–H groups in total. The van der Waals surface area contributed by atoms with Crippen molar-refractivity contribution in [2.75, 3.05) is 0 Å². The van der Waals surface area contributed by atoms with Gasteiger partial charge < -0.3 is 8.98 Å². The molecular formula is C47H28N4O. The van der Waals surface area contributed by atoms with E-state index in [1.807, 2.05) is 72.8 Å². The Kier molecular flexibility index (Phi) is 6.18. The average molecular weight is 665 g/mol. The van der Waals surface area contributed by atoms with Gasteiger partial charge >= 0.3 is 0 Å². The molecule has 0 unspecified atom stereocenters. The Labute approximate surface area is 298 Å². The Morgan fingerprint density at radius 2 is 1.00 bits per heavy atom. The maximum absolute atomic E-state index is 6.91. The van der Waals surface area contributed by atoms with E-state index in [1.54, 1.807) is 0 Å². The zero-order valence-corrected chi connectivity index (χ0v) is 27.9. The largest absolute Gasteiger partial charge is 0.455 e. The van der Waals surface area contributed by atoms with Gasteiger partial charge in [-0.1, -0.05) is 140 Å². The molecule has 5 heteroatoms. The van der Waals surface area contributed by atoms with Crippen LogP contribution in [0.15, 0.2) is 174 Å². The average Bonchev–Trinajstić information content (AvgIpc) is 3.77. The van der Waals surface area contributed by atoms with E-state index in [2.05, 4.69) is 102 Å². The Morgan fingerprint density at radius 1 is 0.404 bits per heavy atom. The van der Waals surface area contributed by atoms with Gasteiger partial charge in [-0.15, -0.1) is 0 Å². The topological polar surface area (TPSA) is 56.7 Å². The number of nitrogens with zero attached hydrogens (tertiary/aromatic N) is 4. The first-order chi connectivity index (χ1) is 25.8. The number of aromatic nitrogens is 4. The van der Waals surface area contributed by atoms with E-state index in [4.69, 9.17) is 19.4 Å². The van der Waals surface area contributed by atoms with Crippen LogP contribution in [0.5, 0.6) is 0 Å². The fourth-order valence-electron chi connectivity index (χ4n) is 7.84. The molecule has 0 amide bonds. The molecule has 52 heavy (non-hydrogen) atoms. The first kappa shape index (κ1) is 28.7. The smallest absolute Gasteiger partial charge is 0.164 e. The summed E-state index contributed by atoms with van der Waals surface area (Å²) in [5.74, 6) is 1.83. The number of rotatable bonds is 4. The molecule has 0 saturated heterocycles. The molecule has 0 aliphatic rings. The van der Waals surface area contributed by atoms with Gasteiger partial charge in [0.2, 0.25) is 0 Å². The molecule has 11 aromatic rings. The Hall–Kier alpha value is -7.11. The predicted molar refractivity (Wildman–Crippen MR) is 213 cm³/mol. The Morgan fingerprint density at radius 3 is 1.73 bits per heavy atom. The Bertz CT molecular complexity index is 3120. The summed E-state index contributed by atoms with van der Waals surface area (Å²) in [5, 5.41) is 8.97. The van der Waals surface area contributed by atoms with E-state index >= 15 is 0 Å².